The molecule has 1 aromatic heterocycles. The third kappa shape index (κ3) is 4.95. The zero-order valence-corrected chi connectivity index (χ0v) is 15.2. The first kappa shape index (κ1) is 18.8. The molecule has 0 aliphatic rings. The van der Waals surface area contributed by atoms with Crippen molar-refractivity contribution in [2.24, 2.45) is 5.92 Å². The molecule has 2 rings (SSSR count). The van der Waals surface area contributed by atoms with Crippen molar-refractivity contribution in [2.75, 3.05) is 5.32 Å². The number of hydrogen-bond acceptors (Lipinski definition) is 3. The van der Waals surface area contributed by atoms with E-state index in [0.29, 0.717) is 5.92 Å². The molecule has 0 bridgehead atoms. The van der Waals surface area contributed by atoms with Crippen molar-refractivity contribution in [3.8, 4) is 0 Å². The van der Waals surface area contributed by atoms with Crippen molar-refractivity contribution in [3.63, 3.8) is 0 Å². The lowest BCUT2D eigenvalue weighted by molar-refractivity contribution is -0.118. The van der Waals surface area contributed by atoms with E-state index in [4.69, 9.17) is 4.42 Å². The van der Waals surface area contributed by atoms with Crippen molar-refractivity contribution >= 4 is 17.5 Å². The molecule has 2 atom stereocenters. The summed E-state index contributed by atoms with van der Waals surface area (Å²) >= 11 is 0. The van der Waals surface area contributed by atoms with Gasteiger partial charge in [0.05, 0.1) is 6.26 Å². The normalized spacial score (nSPS) is 13.3. The lowest BCUT2D eigenvalue weighted by Gasteiger charge is -2.21. The monoisotopic (exact) mass is 342 g/mol. The average Bonchev–Trinajstić information content (AvgIpc) is 3.13. The van der Waals surface area contributed by atoms with Gasteiger partial charge in [-0.2, -0.15) is 0 Å². The van der Waals surface area contributed by atoms with Crippen LogP contribution in [0.2, 0.25) is 0 Å². The molecule has 0 spiro atoms. The Morgan fingerprint density at radius 1 is 1.08 bits per heavy atom. The van der Waals surface area contributed by atoms with Gasteiger partial charge in [0.2, 0.25) is 5.91 Å². The summed E-state index contributed by atoms with van der Waals surface area (Å²) in [6.45, 7) is 8.10. The van der Waals surface area contributed by atoms with Gasteiger partial charge in [-0.3, -0.25) is 9.59 Å². The Bertz CT molecular complexity index is 690. The summed E-state index contributed by atoms with van der Waals surface area (Å²) in [5, 5.41) is 5.61. The second-order valence-corrected chi connectivity index (χ2v) is 6.59. The van der Waals surface area contributed by atoms with Gasteiger partial charge in [0.15, 0.2) is 5.76 Å². The van der Waals surface area contributed by atoms with Crippen LogP contribution < -0.4 is 10.6 Å². The molecule has 0 saturated heterocycles. The van der Waals surface area contributed by atoms with Gasteiger partial charge in [0.25, 0.3) is 5.91 Å². The molecular weight excluding hydrogens is 316 g/mol. The molecule has 0 radical (unpaired) electrons. The lowest BCUT2D eigenvalue weighted by atomic mass is 9.98. The molecule has 2 amide bonds. The quantitative estimate of drug-likeness (QED) is 0.792. The fraction of sp³-hybridized carbons (Fsp3) is 0.400. The number of furan rings is 1. The van der Waals surface area contributed by atoms with Crippen LogP contribution in [-0.2, 0) is 4.79 Å². The summed E-state index contributed by atoms with van der Waals surface area (Å²) in [6, 6.07) is 10.4. The van der Waals surface area contributed by atoms with Crippen molar-refractivity contribution in [2.45, 2.75) is 46.1 Å². The molecule has 0 saturated carbocycles. The third-order valence-electron chi connectivity index (χ3n) is 4.34. The molecule has 0 fully saturated rings. The summed E-state index contributed by atoms with van der Waals surface area (Å²) in [5.74, 6) is -0.0208. The Kier molecular flexibility index (Phi) is 6.39. The molecule has 2 N–H and O–H groups in total. The minimum absolute atomic E-state index is 0.0571. The lowest BCUT2D eigenvalue weighted by Crippen LogP contribution is -2.47. The Labute approximate surface area is 148 Å². The van der Waals surface area contributed by atoms with Crippen LogP contribution in [0.1, 0.15) is 56.2 Å². The SMILES string of the molecule is CCC(C)c1ccc(NC(=O)C(NC(=O)c2ccco2)C(C)C)cc1. The number of amides is 2. The van der Waals surface area contributed by atoms with Gasteiger partial charge in [-0.05, 0) is 48.1 Å². The highest BCUT2D eigenvalue weighted by Crippen LogP contribution is 2.20. The molecule has 0 aliphatic heterocycles. The number of anilines is 1. The maximum Gasteiger partial charge on any atom is 0.287 e. The van der Waals surface area contributed by atoms with Crippen LogP contribution in [0.25, 0.3) is 0 Å². The first-order valence-electron chi connectivity index (χ1n) is 8.67. The van der Waals surface area contributed by atoms with E-state index in [1.807, 2.05) is 38.1 Å². The number of rotatable bonds is 7. The molecular formula is C20H26N2O3. The van der Waals surface area contributed by atoms with Gasteiger partial charge in [0.1, 0.15) is 6.04 Å². The number of hydrogen-bond donors (Lipinski definition) is 2. The van der Waals surface area contributed by atoms with Crippen LogP contribution in [0.15, 0.2) is 47.1 Å². The van der Waals surface area contributed by atoms with E-state index in [1.165, 1.54) is 11.8 Å². The molecule has 0 aliphatic carbocycles. The molecule has 5 heteroatoms. The largest absolute Gasteiger partial charge is 0.459 e. The average molecular weight is 342 g/mol. The van der Waals surface area contributed by atoms with Crippen molar-refractivity contribution in [3.05, 3.63) is 54.0 Å². The molecule has 2 aromatic rings. The van der Waals surface area contributed by atoms with E-state index in [1.54, 1.807) is 12.1 Å². The summed E-state index contributed by atoms with van der Waals surface area (Å²) in [6.07, 6.45) is 2.50. The van der Waals surface area contributed by atoms with Gasteiger partial charge in [-0.25, -0.2) is 0 Å². The van der Waals surface area contributed by atoms with Crippen LogP contribution in [0, 0.1) is 5.92 Å². The number of carbonyl (C=O) groups is 2. The minimum atomic E-state index is -0.646. The second-order valence-electron chi connectivity index (χ2n) is 6.59. The van der Waals surface area contributed by atoms with Crippen LogP contribution in [0.4, 0.5) is 5.69 Å². The van der Waals surface area contributed by atoms with Crippen molar-refractivity contribution < 1.29 is 14.0 Å². The predicted molar refractivity (Wildman–Crippen MR) is 98.6 cm³/mol. The predicted octanol–water partition coefficient (Wildman–Crippen LogP) is 4.19. The smallest absolute Gasteiger partial charge is 0.287 e. The van der Waals surface area contributed by atoms with E-state index in [0.717, 1.165) is 12.1 Å². The van der Waals surface area contributed by atoms with E-state index in [9.17, 15) is 9.59 Å². The van der Waals surface area contributed by atoms with Gasteiger partial charge in [0, 0.05) is 5.69 Å². The zero-order chi connectivity index (χ0) is 18.4. The Balaban J connectivity index is 2.03. The molecule has 5 nitrogen and oxygen atoms in total. The standard InChI is InChI=1S/C20H26N2O3/c1-5-14(4)15-8-10-16(11-9-15)21-20(24)18(13(2)3)22-19(23)17-7-6-12-25-17/h6-14,18H,5H2,1-4H3,(H,21,24)(H,22,23). The summed E-state index contributed by atoms with van der Waals surface area (Å²) in [5.41, 5.74) is 1.96. The highest BCUT2D eigenvalue weighted by Gasteiger charge is 2.25. The fourth-order valence-electron chi connectivity index (χ4n) is 2.51. The molecule has 1 heterocycles. The highest BCUT2D eigenvalue weighted by molar-refractivity contribution is 6.00. The maximum absolute atomic E-state index is 12.6. The van der Waals surface area contributed by atoms with E-state index < -0.39 is 11.9 Å². The zero-order valence-electron chi connectivity index (χ0n) is 15.2. The van der Waals surface area contributed by atoms with Crippen LogP contribution >= 0.6 is 0 Å². The Morgan fingerprint density at radius 3 is 2.28 bits per heavy atom. The molecule has 25 heavy (non-hydrogen) atoms. The first-order chi connectivity index (χ1) is 11.9. The Hall–Kier alpha value is -2.56. The van der Waals surface area contributed by atoms with Gasteiger partial charge < -0.3 is 15.1 Å². The van der Waals surface area contributed by atoms with E-state index in [-0.39, 0.29) is 17.6 Å². The second kappa shape index (κ2) is 8.51. The Morgan fingerprint density at radius 2 is 1.76 bits per heavy atom. The van der Waals surface area contributed by atoms with Crippen molar-refractivity contribution in [1.29, 1.82) is 0 Å². The van der Waals surface area contributed by atoms with Crippen LogP contribution in [-0.4, -0.2) is 17.9 Å². The molecule has 1 aromatic carbocycles. The summed E-state index contributed by atoms with van der Waals surface area (Å²) < 4.78 is 5.08. The summed E-state index contributed by atoms with van der Waals surface area (Å²) in [4.78, 5) is 24.7. The maximum atomic E-state index is 12.6. The van der Waals surface area contributed by atoms with Gasteiger partial charge in [-0.1, -0.05) is 39.8 Å². The minimum Gasteiger partial charge on any atom is -0.459 e. The van der Waals surface area contributed by atoms with E-state index in [2.05, 4.69) is 24.5 Å². The van der Waals surface area contributed by atoms with Crippen LogP contribution in [0.3, 0.4) is 0 Å². The topological polar surface area (TPSA) is 71.3 Å². The van der Waals surface area contributed by atoms with Crippen LogP contribution in [0.5, 0.6) is 0 Å². The highest BCUT2D eigenvalue weighted by atomic mass is 16.3. The summed E-state index contributed by atoms with van der Waals surface area (Å²) in [7, 11) is 0. The number of benzene rings is 1. The van der Waals surface area contributed by atoms with Crippen molar-refractivity contribution in [1.82, 2.24) is 5.32 Å². The van der Waals surface area contributed by atoms with Gasteiger partial charge >= 0.3 is 0 Å². The third-order valence-corrected chi connectivity index (χ3v) is 4.34. The number of carbonyl (C=O) groups excluding carboxylic acids is 2. The van der Waals surface area contributed by atoms with Gasteiger partial charge in [-0.15, -0.1) is 0 Å². The molecule has 134 valence electrons. The number of nitrogens with one attached hydrogen (secondary N) is 2. The van der Waals surface area contributed by atoms with E-state index >= 15 is 0 Å². The fourth-order valence-corrected chi connectivity index (χ4v) is 2.51. The molecule has 2 unspecified atom stereocenters. The first-order valence-corrected chi connectivity index (χ1v) is 8.67.